The number of carbonyl (C=O) groups is 2. The highest BCUT2D eigenvalue weighted by atomic mass is 32.2. The van der Waals surface area contributed by atoms with Crippen molar-refractivity contribution in [1.82, 2.24) is 15.0 Å². The number of hydrogen-bond acceptors (Lipinski definition) is 10. The summed E-state index contributed by atoms with van der Waals surface area (Å²) in [6.45, 7) is 9.19. The van der Waals surface area contributed by atoms with E-state index in [1.54, 1.807) is 0 Å². The summed E-state index contributed by atoms with van der Waals surface area (Å²) in [6.07, 6.45) is 1.45. The number of halogens is 2. The lowest BCUT2D eigenvalue weighted by Crippen LogP contribution is -2.50. The first-order chi connectivity index (χ1) is 17.2. The summed E-state index contributed by atoms with van der Waals surface area (Å²) in [4.78, 5) is 26.5. The van der Waals surface area contributed by atoms with Gasteiger partial charge in [0.15, 0.2) is 33.0 Å². The molecule has 37 heavy (non-hydrogen) atoms. The van der Waals surface area contributed by atoms with E-state index in [2.05, 4.69) is 15.0 Å². The van der Waals surface area contributed by atoms with Gasteiger partial charge in [-0.25, -0.2) is 26.8 Å². The van der Waals surface area contributed by atoms with Crippen molar-refractivity contribution < 1.29 is 46.3 Å². The Kier molecular flexibility index (Phi) is 10.3. The summed E-state index contributed by atoms with van der Waals surface area (Å²) in [6, 6.07) is 2.22. The number of aliphatic carboxylic acids is 2. The number of carboxylic acids is 2. The second kappa shape index (κ2) is 12.8. The van der Waals surface area contributed by atoms with Crippen LogP contribution in [0.1, 0.15) is 38.9 Å². The number of rotatable bonds is 8. The van der Waals surface area contributed by atoms with Gasteiger partial charge in [0.25, 0.3) is 0 Å². The third-order valence-corrected chi connectivity index (χ3v) is 6.61. The summed E-state index contributed by atoms with van der Waals surface area (Å²) in [5.41, 5.74) is 0. The number of hydrogen-bond donors (Lipinski definition) is 2. The molecule has 0 amide bonds. The lowest BCUT2D eigenvalue weighted by atomic mass is 10.2. The van der Waals surface area contributed by atoms with Crippen LogP contribution in [-0.2, 0) is 19.4 Å². The predicted octanol–water partition coefficient (Wildman–Crippen LogP) is 2.01. The second-order valence-electron chi connectivity index (χ2n) is 8.70. The van der Waals surface area contributed by atoms with Crippen LogP contribution < -0.4 is 9.64 Å². The molecule has 2 aromatic rings. The largest absolute Gasteiger partial charge is 0.488 e. The Morgan fingerprint density at radius 3 is 2.05 bits per heavy atom. The average molecular weight is 549 g/mol. The van der Waals surface area contributed by atoms with Gasteiger partial charge in [-0.05, 0) is 25.5 Å². The summed E-state index contributed by atoms with van der Waals surface area (Å²) in [5, 5.41) is 18.8. The quantitative estimate of drug-likeness (QED) is 0.462. The standard InChI is InChI=1S/C20H28F2N4O4S.C2H2O4/c1-13(2)19-23-20(30-24-19)26-8-6-25(7-9-26)14(3)5-10-29-18-16(21)11-15(12-17(18)22)31(4,27)28;3-1(4)2(5)6/h11-14H,5-10H2,1-4H3;(H,3,4)(H,5,6). The van der Waals surface area contributed by atoms with Crippen molar-refractivity contribution in [2.45, 2.75) is 44.0 Å². The van der Waals surface area contributed by atoms with Crippen LogP contribution in [0.15, 0.2) is 21.6 Å². The van der Waals surface area contributed by atoms with Crippen LogP contribution in [0, 0.1) is 11.6 Å². The van der Waals surface area contributed by atoms with Crippen molar-refractivity contribution >= 4 is 27.8 Å². The number of anilines is 1. The van der Waals surface area contributed by atoms with E-state index in [1.165, 1.54) is 0 Å². The molecule has 0 aliphatic carbocycles. The Balaban J connectivity index is 0.000000717. The Morgan fingerprint density at radius 1 is 1.08 bits per heavy atom. The Bertz CT molecular complexity index is 1160. The monoisotopic (exact) mass is 548 g/mol. The van der Waals surface area contributed by atoms with Gasteiger partial charge in [0.05, 0.1) is 11.5 Å². The maximum Gasteiger partial charge on any atom is 0.414 e. The molecule has 0 bridgehead atoms. The van der Waals surface area contributed by atoms with Crippen molar-refractivity contribution in [1.29, 1.82) is 0 Å². The van der Waals surface area contributed by atoms with Crippen molar-refractivity contribution in [3.05, 3.63) is 29.6 Å². The number of ether oxygens (including phenoxy) is 1. The molecule has 12 nitrogen and oxygen atoms in total. The molecule has 1 aromatic heterocycles. The summed E-state index contributed by atoms with van der Waals surface area (Å²) in [7, 11) is -3.70. The molecule has 1 fully saturated rings. The average Bonchev–Trinajstić information content (AvgIpc) is 3.31. The van der Waals surface area contributed by atoms with Crippen molar-refractivity contribution in [3.8, 4) is 5.75 Å². The molecule has 0 saturated carbocycles. The zero-order valence-electron chi connectivity index (χ0n) is 20.8. The molecule has 1 unspecified atom stereocenters. The van der Waals surface area contributed by atoms with E-state index >= 15 is 0 Å². The van der Waals surface area contributed by atoms with Gasteiger partial charge in [0, 0.05) is 44.4 Å². The molecular weight excluding hydrogens is 518 g/mol. The van der Waals surface area contributed by atoms with Crippen molar-refractivity contribution in [3.63, 3.8) is 0 Å². The minimum absolute atomic E-state index is 0.106. The number of aromatic nitrogens is 2. The van der Waals surface area contributed by atoms with E-state index in [0.717, 1.165) is 44.6 Å². The Hall–Kier alpha value is -3.33. The van der Waals surface area contributed by atoms with Crippen molar-refractivity contribution in [2.75, 3.05) is 43.9 Å². The topological polar surface area (TPSA) is 163 Å². The number of benzene rings is 1. The van der Waals surface area contributed by atoms with E-state index in [1.807, 2.05) is 25.7 Å². The summed E-state index contributed by atoms with van der Waals surface area (Å²) < 4.78 is 61.8. The van der Waals surface area contributed by atoms with Gasteiger partial charge < -0.3 is 24.4 Å². The third-order valence-electron chi connectivity index (χ3n) is 5.52. The number of carboxylic acid groups (broad SMARTS) is 2. The van der Waals surface area contributed by atoms with Gasteiger partial charge >= 0.3 is 18.0 Å². The highest BCUT2D eigenvalue weighted by Crippen LogP contribution is 2.26. The van der Waals surface area contributed by atoms with Crippen LogP contribution >= 0.6 is 0 Å². The highest BCUT2D eigenvalue weighted by molar-refractivity contribution is 7.90. The molecule has 3 rings (SSSR count). The fraction of sp³-hybridized carbons (Fsp3) is 0.545. The zero-order chi connectivity index (χ0) is 27.9. The van der Waals surface area contributed by atoms with Gasteiger partial charge in [-0.2, -0.15) is 4.98 Å². The molecule has 1 aliphatic rings. The van der Waals surface area contributed by atoms with E-state index in [4.69, 9.17) is 29.1 Å². The summed E-state index contributed by atoms with van der Waals surface area (Å²) >= 11 is 0. The highest BCUT2D eigenvalue weighted by Gasteiger charge is 2.25. The molecular formula is C22H30F2N4O8S. The fourth-order valence-corrected chi connectivity index (χ4v) is 3.98. The zero-order valence-corrected chi connectivity index (χ0v) is 21.7. The number of sulfone groups is 1. The second-order valence-corrected chi connectivity index (χ2v) is 10.7. The minimum Gasteiger partial charge on any atom is -0.488 e. The maximum absolute atomic E-state index is 14.1. The van der Waals surface area contributed by atoms with Crippen LogP contribution in [0.25, 0.3) is 0 Å². The molecule has 1 aromatic carbocycles. The molecule has 0 radical (unpaired) electrons. The predicted molar refractivity (Wildman–Crippen MR) is 126 cm³/mol. The SMILES string of the molecule is CC(C)c1noc(N2CCN(C(C)CCOc3c(F)cc(S(C)(=O)=O)cc3F)CC2)n1.O=C(O)C(=O)O. The van der Waals surface area contributed by atoms with Crippen molar-refractivity contribution in [2.24, 2.45) is 0 Å². The molecule has 1 atom stereocenters. The lowest BCUT2D eigenvalue weighted by Gasteiger charge is -2.37. The van der Waals surface area contributed by atoms with Gasteiger partial charge in [-0.1, -0.05) is 19.0 Å². The van der Waals surface area contributed by atoms with Gasteiger partial charge in [-0.3, -0.25) is 4.90 Å². The van der Waals surface area contributed by atoms with Gasteiger partial charge in [0.1, 0.15) is 0 Å². The first-order valence-corrected chi connectivity index (χ1v) is 13.2. The summed E-state index contributed by atoms with van der Waals surface area (Å²) in [5.74, 6) is -5.36. The van der Waals surface area contributed by atoms with Crippen LogP contribution in [0.3, 0.4) is 0 Å². The van der Waals surface area contributed by atoms with Crippen LogP contribution in [-0.4, -0.2) is 90.7 Å². The van der Waals surface area contributed by atoms with Gasteiger partial charge in [0.2, 0.25) is 0 Å². The molecule has 0 spiro atoms. The minimum atomic E-state index is -3.70. The number of nitrogens with zero attached hydrogens (tertiary/aromatic N) is 4. The smallest absolute Gasteiger partial charge is 0.414 e. The number of piperazine rings is 1. The fourth-order valence-electron chi connectivity index (χ4n) is 3.35. The molecule has 1 saturated heterocycles. The van der Waals surface area contributed by atoms with E-state index in [9.17, 15) is 17.2 Å². The van der Waals surface area contributed by atoms with Gasteiger partial charge in [-0.15, -0.1) is 0 Å². The van der Waals surface area contributed by atoms with E-state index in [0.29, 0.717) is 18.3 Å². The van der Waals surface area contributed by atoms with Crippen LogP contribution in [0.4, 0.5) is 14.8 Å². The Labute approximate surface area is 212 Å². The van der Waals surface area contributed by atoms with Crippen LogP contribution in [0.2, 0.25) is 0 Å². The molecule has 206 valence electrons. The van der Waals surface area contributed by atoms with Crippen LogP contribution in [0.5, 0.6) is 5.75 Å². The van der Waals surface area contributed by atoms with E-state index in [-0.39, 0.29) is 18.6 Å². The maximum atomic E-state index is 14.1. The molecule has 15 heteroatoms. The normalized spacial score (nSPS) is 15.2. The molecule has 1 aliphatic heterocycles. The lowest BCUT2D eigenvalue weighted by molar-refractivity contribution is -0.159. The molecule has 2 N–H and O–H groups in total. The first kappa shape index (κ1) is 29.9. The first-order valence-electron chi connectivity index (χ1n) is 11.3. The third kappa shape index (κ3) is 8.63. The Morgan fingerprint density at radius 2 is 1.62 bits per heavy atom. The molecule has 2 heterocycles. The van der Waals surface area contributed by atoms with E-state index < -0.39 is 44.1 Å².